The van der Waals surface area contributed by atoms with Crippen LogP contribution in [0.25, 0.3) is 22.3 Å². The van der Waals surface area contributed by atoms with Gasteiger partial charge >= 0.3 is 12.1 Å². The molecule has 138 valence electrons. The molecule has 0 unspecified atom stereocenters. The number of carbonyl (C=O) groups is 2. The molecule has 7 nitrogen and oxygen atoms in total. The fourth-order valence-corrected chi connectivity index (χ4v) is 2.45. The van der Waals surface area contributed by atoms with E-state index in [1.807, 2.05) is 0 Å². The number of H-pyrrole nitrogens is 1. The molecule has 2 heterocycles. The summed E-state index contributed by atoms with van der Waals surface area (Å²) in [6.45, 7) is 0. The third-order valence-corrected chi connectivity index (χ3v) is 3.53. The van der Waals surface area contributed by atoms with Crippen molar-refractivity contribution in [2.75, 3.05) is 5.32 Å². The van der Waals surface area contributed by atoms with E-state index < -0.39 is 18.1 Å². The fourth-order valence-electron chi connectivity index (χ4n) is 2.45. The van der Waals surface area contributed by atoms with Crippen LogP contribution in [0.15, 0.2) is 48.9 Å². The van der Waals surface area contributed by atoms with Crippen LogP contribution < -0.4 is 5.32 Å². The molecule has 0 saturated heterocycles. The molecular formula is C17H11F3N4O3. The first-order valence-corrected chi connectivity index (χ1v) is 7.47. The van der Waals surface area contributed by atoms with Crippen molar-refractivity contribution < 1.29 is 27.9 Å². The number of hydrogen-bond acceptors (Lipinski definition) is 4. The van der Waals surface area contributed by atoms with Gasteiger partial charge in [-0.05, 0) is 12.1 Å². The number of aromatic amines is 1. The fraction of sp³-hybridized carbons (Fsp3) is 0.0588. The standard InChI is InChI=1S/C17H11F3N4O3/c18-17(19,20)5-4-12(25)24-10-3-1-2-9(6-10)14-13-11(16(26)27)7-21-15(13)23-8-22-14/h1-8H,(H,24,25)(H,26,27)(H,21,22,23)/b5-4+. The van der Waals surface area contributed by atoms with Crippen LogP contribution in [0.3, 0.4) is 0 Å². The number of aromatic carboxylic acids is 1. The molecular weight excluding hydrogens is 365 g/mol. The summed E-state index contributed by atoms with van der Waals surface area (Å²) in [5.74, 6) is -2.12. The van der Waals surface area contributed by atoms with Gasteiger partial charge in [-0.1, -0.05) is 12.1 Å². The van der Waals surface area contributed by atoms with Crippen molar-refractivity contribution in [3.05, 3.63) is 54.5 Å². The van der Waals surface area contributed by atoms with E-state index in [0.29, 0.717) is 23.0 Å². The summed E-state index contributed by atoms with van der Waals surface area (Å²) in [5, 5.41) is 11.9. The maximum absolute atomic E-state index is 12.1. The Morgan fingerprint density at radius 1 is 1.22 bits per heavy atom. The molecule has 10 heteroatoms. The van der Waals surface area contributed by atoms with E-state index in [0.717, 1.165) is 0 Å². The molecule has 2 aromatic heterocycles. The number of alkyl halides is 3. The summed E-state index contributed by atoms with van der Waals surface area (Å²) < 4.78 is 36.4. The number of halogens is 3. The van der Waals surface area contributed by atoms with Gasteiger partial charge in [0.05, 0.1) is 16.6 Å². The van der Waals surface area contributed by atoms with Gasteiger partial charge in [0, 0.05) is 29.6 Å². The molecule has 0 radical (unpaired) electrons. The first-order chi connectivity index (χ1) is 12.7. The van der Waals surface area contributed by atoms with E-state index in [4.69, 9.17) is 0 Å². The van der Waals surface area contributed by atoms with Gasteiger partial charge in [-0.15, -0.1) is 0 Å². The first kappa shape index (κ1) is 18.1. The second-order valence-electron chi connectivity index (χ2n) is 5.40. The number of allylic oxidation sites excluding steroid dienone is 1. The Hall–Kier alpha value is -3.69. The average molecular weight is 376 g/mol. The summed E-state index contributed by atoms with van der Waals surface area (Å²) in [6, 6.07) is 6.14. The summed E-state index contributed by atoms with van der Waals surface area (Å²) in [7, 11) is 0. The van der Waals surface area contributed by atoms with Gasteiger partial charge in [-0.25, -0.2) is 14.8 Å². The number of hydrogen-bond donors (Lipinski definition) is 3. The minimum atomic E-state index is -4.59. The van der Waals surface area contributed by atoms with Gasteiger partial charge in [0.15, 0.2) is 0 Å². The molecule has 3 N–H and O–H groups in total. The van der Waals surface area contributed by atoms with Crippen LogP contribution in [-0.2, 0) is 4.79 Å². The molecule has 0 atom stereocenters. The third kappa shape index (κ3) is 4.11. The Morgan fingerprint density at radius 3 is 2.70 bits per heavy atom. The van der Waals surface area contributed by atoms with Crippen LogP contribution in [0, 0.1) is 0 Å². The topological polar surface area (TPSA) is 108 Å². The van der Waals surface area contributed by atoms with Crippen LogP contribution >= 0.6 is 0 Å². The van der Waals surface area contributed by atoms with Gasteiger partial charge in [0.2, 0.25) is 5.91 Å². The largest absolute Gasteiger partial charge is 0.478 e. The lowest BCUT2D eigenvalue weighted by Crippen LogP contribution is -2.10. The van der Waals surface area contributed by atoms with Crippen molar-refractivity contribution in [2.45, 2.75) is 6.18 Å². The molecule has 0 spiro atoms. The second kappa shape index (κ2) is 6.90. The molecule has 1 amide bonds. The highest BCUT2D eigenvalue weighted by Gasteiger charge is 2.22. The number of nitrogens with zero attached hydrogens (tertiary/aromatic N) is 2. The molecule has 0 aliphatic heterocycles. The number of fused-ring (bicyclic) bond motifs is 1. The Labute approximate surface area is 149 Å². The van der Waals surface area contributed by atoms with E-state index in [1.165, 1.54) is 24.7 Å². The number of nitrogens with one attached hydrogen (secondary N) is 2. The third-order valence-electron chi connectivity index (χ3n) is 3.53. The number of carbonyl (C=O) groups excluding carboxylic acids is 1. The minimum absolute atomic E-state index is 0.0249. The zero-order valence-corrected chi connectivity index (χ0v) is 13.4. The highest BCUT2D eigenvalue weighted by atomic mass is 19.4. The predicted octanol–water partition coefficient (Wildman–Crippen LogP) is 3.38. The lowest BCUT2D eigenvalue weighted by molar-refractivity contribution is -0.112. The lowest BCUT2D eigenvalue weighted by Gasteiger charge is -2.07. The number of rotatable bonds is 4. The van der Waals surface area contributed by atoms with Gasteiger partial charge < -0.3 is 15.4 Å². The van der Waals surface area contributed by atoms with E-state index in [2.05, 4.69) is 20.3 Å². The molecule has 0 saturated carbocycles. The summed E-state index contributed by atoms with van der Waals surface area (Å²) in [5.41, 5.74) is 1.29. The van der Waals surface area contributed by atoms with E-state index >= 15 is 0 Å². The van der Waals surface area contributed by atoms with Crippen molar-refractivity contribution in [3.63, 3.8) is 0 Å². The van der Waals surface area contributed by atoms with Gasteiger partial charge in [-0.2, -0.15) is 13.2 Å². The highest BCUT2D eigenvalue weighted by molar-refractivity contribution is 6.07. The number of anilines is 1. The Kier molecular flexibility index (Phi) is 4.63. The Morgan fingerprint density at radius 2 is 2.00 bits per heavy atom. The molecule has 0 fully saturated rings. The normalized spacial score (nSPS) is 11.8. The average Bonchev–Trinajstić information content (AvgIpc) is 3.04. The zero-order chi connectivity index (χ0) is 19.6. The summed E-state index contributed by atoms with van der Waals surface area (Å²) in [6.07, 6.45) is -1.84. The van der Waals surface area contributed by atoms with Crippen LogP contribution in [0.5, 0.6) is 0 Å². The Balaban J connectivity index is 1.96. The number of carboxylic acid groups (broad SMARTS) is 1. The molecule has 27 heavy (non-hydrogen) atoms. The molecule has 0 aliphatic carbocycles. The number of amides is 1. The van der Waals surface area contributed by atoms with Crippen molar-refractivity contribution in [1.82, 2.24) is 15.0 Å². The van der Waals surface area contributed by atoms with Crippen LogP contribution in [0.2, 0.25) is 0 Å². The number of carboxylic acids is 1. The molecule has 3 rings (SSSR count). The first-order valence-electron chi connectivity index (χ1n) is 7.47. The second-order valence-corrected chi connectivity index (χ2v) is 5.40. The number of benzene rings is 1. The van der Waals surface area contributed by atoms with Gasteiger partial charge in [0.25, 0.3) is 0 Å². The molecule has 3 aromatic rings. The molecule has 0 aliphatic rings. The monoisotopic (exact) mass is 376 g/mol. The van der Waals surface area contributed by atoms with Crippen LogP contribution in [0.4, 0.5) is 18.9 Å². The Bertz CT molecular complexity index is 1060. The predicted molar refractivity (Wildman–Crippen MR) is 90.1 cm³/mol. The quantitative estimate of drug-likeness (QED) is 0.605. The lowest BCUT2D eigenvalue weighted by atomic mass is 10.1. The maximum Gasteiger partial charge on any atom is 0.409 e. The van der Waals surface area contributed by atoms with Gasteiger partial charge in [-0.3, -0.25) is 4.79 Å². The minimum Gasteiger partial charge on any atom is -0.478 e. The van der Waals surface area contributed by atoms with Crippen molar-refractivity contribution in [1.29, 1.82) is 0 Å². The maximum atomic E-state index is 12.1. The van der Waals surface area contributed by atoms with Gasteiger partial charge in [0.1, 0.15) is 12.0 Å². The van der Waals surface area contributed by atoms with Crippen LogP contribution in [0.1, 0.15) is 10.4 Å². The summed E-state index contributed by atoms with van der Waals surface area (Å²) in [4.78, 5) is 33.8. The molecule has 1 aromatic carbocycles. The zero-order valence-electron chi connectivity index (χ0n) is 13.4. The van der Waals surface area contributed by atoms with Crippen LogP contribution in [-0.4, -0.2) is 38.1 Å². The SMILES string of the molecule is O=C(/C=C/C(F)(F)F)Nc1cccc(-c2ncnc3[nH]cc(C(=O)O)c23)c1. The van der Waals surface area contributed by atoms with E-state index in [-0.39, 0.29) is 22.7 Å². The number of aromatic nitrogens is 3. The molecule has 0 bridgehead atoms. The van der Waals surface area contributed by atoms with E-state index in [1.54, 1.807) is 12.1 Å². The summed E-state index contributed by atoms with van der Waals surface area (Å²) >= 11 is 0. The smallest absolute Gasteiger partial charge is 0.409 e. The van der Waals surface area contributed by atoms with E-state index in [9.17, 15) is 27.9 Å². The van der Waals surface area contributed by atoms with Crippen molar-refractivity contribution in [3.8, 4) is 11.3 Å². The highest BCUT2D eigenvalue weighted by Crippen LogP contribution is 2.29. The van der Waals surface area contributed by atoms with Crippen molar-refractivity contribution >= 4 is 28.6 Å². The van der Waals surface area contributed by atoms with Crippen molar-refractivity contribution in [2.24, 2.45) is 0 Å².